The van der Waals surface area contributed by atoms with Crippen molar-refractivity contribution in [1.82, 2.24) is 0 Å². The lowest BCUT2D eigenvalue weighted by Gasteiger charge is -2.32. The van der Waals surface area contributed by atoms with E-state index in [1.165, 1.54) is 16.8 Å². The topological polar surface area (TPSA) is 15.3 Å². The summed E-state index contributed by atoms with van der Waals surface area (Å²) in [4.78, 5) is 2.50. The maximum Gasteiger partial charge on any atom is 0.0742 e. The highest BCUT2D eigenvalue weighted by Crippen LogP contribution is 2.40. The number of para-hydroxylation sites is 1. The van der Waals surface area contributed by atoms with Gasteiger partial charge in [-0.3, -0.25) is 0 Å². The molecule has 0 spiro atoms. The van der Waals surface area contributed by atoms with Gasteiger partial charge in [-0.15, -0.1) is 0 Å². The van der Waals surface area contributed by atoms with Crippen LogP contribution in [0.15, 0.2) is 114 Å². The van der Waals surface area contributed by atoms with E-state index in [-0.39, 0.29) is 0 Å². The number of hydrogen-bond donors (Lipinski definition) is 1. The lowest BCUT2D eigenvalue weighted by molar-refractivity contribution is 0.790. The quantitative estimate of drug-likeness (QED) is 0.792. The van der Waals surface area contributed by atoms with Crippen molar-refractivity contribution < 1.29 is 0 Å². The predicted molar refractivity (Wildman–Crippen MR) is 110 cm³/mol. The molecule has 0 amide bonds. The molecule has 2 atom stereocenters. The second kappa shape index (κ2) is 6.23. The van der Waals surface area contributed by atoms with Gasteiger partial charge in [-0.25, -0.2) is 0 Å². The van der Waals surface area contributed by atoms with Crippen LogP contribution in [0, 0.1) is 0 Å². The number of allylic oxidation sites excluding steroid dienone is 4. The van der Waals surface area contributed by atoms with E-state index in [9.17, 15) is 0 Å². The molecule has 3 aliphatic rings. The molecule has 0 radical (unpaired) electrons. The molecule has 0 bridgehead atoms. The third-order valence-corrected chi connectivity index (χ3v) is 5.16. The van der Waals surface area contributed by atoms with Crippen LogP contribution in [-0.2, 0) is 0 Å². The van der Waals surface area contributed by atoms with Gasteiger partial charge in [0.1, 0.15) is 0 Å². The lowest BCUT2D eigenvalue weighted by Crippen LogP contribution is -2.37. The summed E-state index contributed by atoms with van der Waals surface area (Å²) in [5.74, 6) is 0. The predicted octanol–water partition coefficient (Wildman–Crippen LogP) is 5.54. The first-order valence-corrected chi connectivity index (χ1v) is 9.04. The molecular weight excluding hydrogens is 316 g/mol. The molecule has 0 saturated carbocycles. The van der Waals surface area contributed by atoms with Gasteiger partial charge >= 0.3 is 0 Å². The zero-order valence-electron chi connectivity index (χ0n) is 14.4. The van der Waals surface area contributed by atoms with Crippen LogP contribution >= 0.6 is 0 Å². The number of hydrogen-bond acceptors (Lipinski definition) is 2. The average molecular weight is 336 g/mol. The normalized spacial score (nSPS) is 22.5. The van der Waals surface area contributed by atoms with Gasteiger partial charge in [0, 0.05) is 17.1 Å². The number of nitrogens with one attached hydrogen (secondary N) is 1. The number of fused-ring (bicyclic) bond motifs is 2. The van der Waals surface area contributed by atoms with Crippen molar-refractivity contribution in [2.45, 2.75) is 12.1 Å². The molecule has 26 heavy (non-hydrogen) atoms. The highest BCUT2D eigenvalue weighted by molar-refractivity contribution is 5.70. The van der Waals surface area contributed by atoms with Crippen LogP contribution in [0.3, 0.4) is 0 Å². The fraction of sp³-hybridized carbons (Fsp3) is 0.0833. The SMILES string of the molecule is C1=CC2=C3C=CC=CC3N(c3ccc(Nc4ccccc4)cc3)C2C=C1. The van der Waals surface area contributed by atoms with Gasteiger partial charge in [-0.05, 0) is 47.5 Å². The molecule has 2 aromatic carbocycles. The fourth-order valence-electron chi connectivity index (χ4n) is 3.98. The van der Waals surface area contributed by atoms with Crippen LogP contribution in [0.25, 0.3) is 0 Å². The summed E-state index contributed by atoms with van der Waals surface area (Å²) >= 11 is 0. The van der Waals surface area contributed by atoms with Gasteiger partial charge in [0.2, 0.25) is 0 Å². The van der Waals surface area contributed by atoms with Crippen molar-refractivity contribution in [2.75, 3.05) is 10.2 Å². The summed E-state index contributed by atoms with van der Waals surface area (Å²) in [5.41, 5.74) is 6.26. The third-order valence-electron chi connectivity index (χ3n) is 5.16. The van der Waals surface area contributed by atoms with Gasteiger partial charge in [-0.2, -0.15) is 0 Å². The van der Waals surface area contributed by atoms with E-state index < -0.39 is 0 Å². The third kappa shape index (κ3) is 2.51. The molecule has 1 heterocycles. The molecule has 2 aliphatic carbocycles. The van der Waals surface area contributed by atoms with E-state index in [4.69, 9.17) is 0 Å². The van der Waals surface area contributed by atoms with Crippen molar-refractivity contribution in [2.24, 2.45) is 0 Å². The molecule has 2 unspecified atom stereocenters. The zero-order valence-corrected chi connectivity index (χ0v) is 14.4. The highest BCUT2D eigenvalue weighted by atomic mass is 15.2. The first kappa shape index (κ1) is 15.0. The summed E-state index contributed by atoms with van der Waals surface area (Å²) in [6.45, 7) is 0. The summed E-state index contributed by atoms with van der Waals surface area (Å²) in [6.07, 6.45) is 17.7. The first-order valence-electron chi connectivity index (χ1n) is 9.04. The van der Waals surface area contributed by atoms with Crippen LogP contribution < -0.4 is 10.2 Å². The van der Waals surface area contributed by atoms with Gasteiger partial charge in [-0.1, -0.05) is 66.8 Å². The van der Waals surface area contributed by atoms with Crippen molar-refractivity contribution in [3.05, 3.63) is 114 Å². The largest absolute Gasteiger partial charge is 0.356 e. The minimum Gasteiger partial charge on any atom is -0.356 e. The van der Waals surface area contributed by atoms with Crippen molar-refractivity contribution in [3.8, 4) is 0 Å². The fourth-order valence-corrected chi connectivity index (χ4v) is 3.98. The summed E-state index contributed by atoms with van der Waals surface area (Å²) in [6, 6.07) is 19.6. The molecule has 1 aliphatic heterocycles. The van der Waals surface area contributed by atoms with E-state index in [1.54, 1.807) is 0 Å². The molecule has 1 N–H and O–H groups in total. The smallest absolute Gasteiger partial charge is 0.0742 e. The Morgan fingerprint density at radius 3 is 1.81 bits per heavy atom. The average Bonchev–Trinajstić information content (AvgIpc) is 3.04. The second-order valence-electron chi connectivity index (χ2n) is 6.73. The molecule has 0 aromatic heterocycles. The Bertz CT molecular complexity index is 921. The number of anilines is 3. The molecule has 126 valence electrons. The van der Waals surface area contributed by atoms with Crippen LogP contribution in [0.2, 0.25) is 0 Å². The minimum absolute atomic E-state index is 0.306. The maximum atomic E-state index is 3.46. The molecule has 2 aromatic rings. The monoisotopic (exact) mass is 336 g/mol. The minimum atomic E-state index is 0.306. The Kier molecular flexibility index (Phi) is 3.60. The highest BCUT2D eigenvalue weighted by Gasteiger charge is 2.37. The van der Waals surface area contributed by atoms with Crippen molar-refractivity contribution in [1.29, 1.82) is 0 Å². The van der Waals surface area contributed by atoms with E-state index in [0.717, 1.165) is 11.4 Å². The second-order valence-corrected chi connectivity index (χ2v) is 6.73. The van der Waals surface area contributed by atoms with Gasteiger partial charge in [0.25, 0.3) is 0 Å². The van der Waals surface area contributed by atoms with E-state index in [2.05, 4.69) is 95.2 Å². The molecular formula is C24H20N2. The number of nitrogens with zero attached hydrogens (tertiary/aromatic N) is 1. The van der Waals surface area contributed by atoms with Crippen LogP contribution in [0.4, 0.5) is 17.1 Å². The molecule has 5 rings (SSSR count). The van der Waals surface area contributed by atoms with Gasteiger partial charge in [0.05, 0.1) is 12.1 Å². The van der Waals surface area contributed by atoms with Crippen LogP contribution in [0.5, 0.6) is 0 Å². The summed E-state index contributed by atoms with van der Waals surface area (Å²) in [7, 11) is 0. The zero-order chi connectivity index (χ0) is 17.3. The van der Waals surface area contributed by atoms with E-state index in [0.29, 0.717) is 12.1 Å². The summed E-state index contributed by atoms with van der Waals surface area (Å²) in [5, 5.41) is 3.46. The van der Waals surface area contributed by atoms with Gasteiger partial charge < -0.3 is 10.2 Å². The number of benzene rings is 2. The van der Waals surface area contributed by atoms with Crippen LogP contribution in [-0.4, -0.2) is 12.1 Å². The van der Waals surface area contributed by atoms with Gasteiger partial charge in [0.15, 0.2) is 0 Å². The molecule has 2 heteroatoms. The standard InChI is InChI=1S/C24H20N2/c1-2-8-18(9-3-1)25-19-14-16-20(17-15-19)26-23-12-6-4-10-21(23)22-11-5-7-13-24(22)26/h1-17,23-25H. The molecule has 2 nitrogen and oxygen atoms in total. The molecule has 0 saturated heterocycles. The van der Waals surface area contributed by atoms with Crippen LogP contribution in [0.1, 0.15) is 0 Å². The lowest BCUT2D eigenvalue weighted by atomic mass is 9.96. The summed E-state index contributed by atoms with van der Waals surface area (Å²) < 4.78 is 0. The Morgan fingerprint density at radius 1 is 0.615 bits per heavy atom. The van der Waals surface area contributed by atoms with Crippen molar-refractivity contribution >= 4 is 17.1 Å². The van der Waals surface area contributed by atoms with Crippen molar-refractivity contribution in [3.63, 3.8) is 0 Å². The maximum absolute atomic E-state index is 3.46. The molecule has 0 fully saturated rings. The Morgan fingerprint density at radius 2 is 1.19 bits per heavy atom. The van der Waals surface area contributed by atoms with E-state index >= 15 is 0 Å². The Hall–Kier alpha value is -3.26. The number of rotatable bonds is 3. The first-order chi connectivity index (χ1) is 12.9. The Balaban J connectivity index is 1.45. The Labute approximate surface area is 154 Å². The van der Waals surface area contributed by atoms with E-state index in [1.807, 2.05) is 18.2 Å².